The molecule has 2 heterocycles. The predicted octanol–water partition coefficient (Wildman–Crippen LogP) is 4.35. The van der Waals surface area contributed by atoms with E-state index in [1.165, 1.54) is 11.1 Å². The monoisotopic (exact) mass is 550 g/mol. The number of carbonyl (C=O) groups excluding carboxylic acids is 1. The molecule has 38 heavy (non-hydrogen) atoms. The zero-order valence-corrected chi connectivity index (χ0v) is 21.5. The second kappa shape index (κ2) is 12.3. The second-order valence-corrected chi connectivity index (χ2v) is 10.6. The van der Waals surface area contributed by atoms with E-state index in [-0.39, 0.29) is 30.5 Å². The normalized spacial score (nSPS) is 25.8. The van der Waals surface area contributed by atoms with Gasteiger partial charge in [-0.15, -0.1) is 0 Å². The van der Waals surface area contributed by atoms with Crippen molar-refractivity contribution in [2.45, 2.75) is 75.8 Å². The average Bonchev–Trinajstić information content (AvgIpc) is 3.10. The number of nitrogens with one attached hydrogen (secondary N) is 1. The van der Waals surface area contributed by atoms with Gasteiger partial charge in [-0.3, -0.25) is 9.69 Å². The van der Waals surface area contributed by atoms with Gasteiger partial charge in [-0.1, -0.05) is 38.1 Å². The SMILES string of the molecule is CC(C)c1ccc(CN2CCOC[C@@]3(CC[C@H](CNC(=O)C4CC(F)(F)C4)O3)C2)cc1.O=C(O)C(F)(F)F. The number of rotatable bonds is 6. The van der Waals surface area contributed by atoms with Gasteiger partial charge in [0.25, 0.3) is 0 Å². The summed E-state index contributed by atoms with van der Waals surface area (Å²) in [6.07, 6.45) is -4.15. The van der Waals surface area contributed by atoms with Crippen molar-refractivity contribution in [2.24, 2.45) is 5.92 Å². The van der Waals surface area contributed by atoms with Crippen molar-refractivity contribution >= 4 is 11.9 Å². The molecule has 2 aliphatic heterocycles. The van der Waals surface area contributed by atoms with Crippen LogP contribution in [-0.4, -0.2) is 78.5 Å². The number of ether oxygens (including phenoxy) is 2. The highest BCUT2D eigenvalue weighted by Gasteiger charge is 2.49. The Morgan fingerprint density at radius 2 is 1.82 bits per heavy atom. The second-order valence-electron chi connectivity index (χ2n) is 10.6. The number of carbonyl (C=O) groups is 2. The standard InChI is InChI=1S/C24H34F2N2O3.C2HF3O2/c1-17(2)19-5-3-18(4-6-19)14-28-9-10-30-16-23(15-28)8-7-21(31-23)13-27-22(29)20-11-24(25,26)12-20;3-2(4,5)1(6)7/h3-6,17,20-21H,7-16H2,1-2H3,(H,27,29);(H,6,7)/t21-,23-;/m1./s1. The molecule has 1 aromatic carbocycles. The van der Waals surface area contributed by atoms with Crippen molar-refractivity contribution in [3.05, 3.63) is 35.4 Å². The maximum absolute atomic E-state index is 13.0. The third-order valence-corrected chi connectivity index (χ3v) is 7.03. The summed E-state index contributed by atoms with van der Waals surface area (Å²) >= 11 is 0. The largest absolute Gasteiger partial charge is 0.490 e. The molecule has 1 spiro atoms. The first-order valence-corrected chi connectivity index (χ1v) is 12.7. The van der Waals surface area contributed by atoms with Crippen LogP contribution in [0.15, 0.2) is 24.3 Å². The molecule has 0 unspecified atom stereocenters. The summed E-state index contributed by atoms with van der Waals surface area (Å²) in [5, 5.41) is 9.94. The van der Waals surface area contributed by atoms with E-state index in [0.29, 0.717) is 25.7 Å². The highest BCUT2D eigenvalue weighted by atomic mass is 19.4. The molecule has 7 nitrogen and oxygen atoms in total. The van der Waals surface area contributed by atoms with E-state index in [0.717, 1.165) is 32.5 Å². The van der Waals surface area contributed by atoms with Crippen molar-refractivity contribution < 1.29 is 46.1 Å². The fourth-order valence-corrected chi connectivity index (χ4v) is 4.85. The summed E-state index contributed by atoms with van der Waals surface area (Å²) in [6, 6.07) is 8.80. The van der Waals surface area contributed by atoms with E-state index in [4.69, 9.17) is 19.4 Å². The molecule has 0 bridgehead atoms. The topological polar surface area (TPSA) is 88.1 Å². The smallest absolute Gasteiger partial charge is 0.475 e. The molecule has 0 aromatic heterocycles. The molecule has 12 heteroatoms. The summed E-state index contributed by atoms with van der Waals surface area (Å²) < 4.78 is 70.0. The zero-order chi connectivity index (χ0) is 28.1. The van der Waals surface area contributed by atoms with Crippen molar-refractivity contribution in [3.63, 3.8) is 0 Å². The van der Waals surface area contributed by atoms with Crippen LogP contribution >= 0.6 is 0 Å². The van der Waals surface area contributed by atoms with Gasteiger partial charge in [-0.05, 0) is 29.9 Å². The highest BCUT2D eigenvalue weighted by Crippen LogP contribution is 2.42. The van der Waals surface area contributed by atoms with E-state index in [9.17, 15) is 26.7 Å². The molecule has 1 aromatic rings. The number of amides is 1. The zero-order valence-electron chi connectivity index (χ0n) is 21.5. The van der Waals surface area contributed by atoms with Crippen LogP contribution in [0.3, 0.4) is 0 Å². The van der Waals surface area contributed by atoms with Gasteiger partial charge in [0.15, 0.2) is 0 Å². The number of hydrogen-bond donors (Lipinski definition) is 2. The van der Waals surface area contributed by atoms with Crippen molar-refractivity contribution in [1.82, 2.24) is 10.2 Å². The highest BCUT2D eigenvalue weighted by molar-refractivity contribution is 5.79. The Morgan fingerprint density at radius 1 is 1.18 bits per heavy atom. The van der Waals surface area contributed by atoms with Gasteiger partial charge in [-0.25, -0.2) is 13.6 Å². The van der Waals surface area contributed by atoms with Crippen LogP contribution in [0.25, 0.3) is 0 Å². The fraction of sp³-hybridized carbons (Fsp3) is 0.692. The molecule has 2 atom stereocenters. The number of carboxylic acid groups (broad SMARTS) is 1. The molecule has 214 valence electrons. The minimum atomic E-state index is -5.08. The van der Waals surface area contributed by atoms with Gasteiger partial charge in [0, 0.05) is 44.9 Å². The molecule has 4 rings (SSSR count). The Balaban J connectivity index is 0.000000505. The lowest BCUT2D eigenvalue weighted by Crippen LogP contribution is -2.47. The molecule has 1 aliphatic carbocycles. The minimum Gasteiger partial charge on any atom is -0.475 e. The van der Waals surface area contributed by atoms with Gasteiger partial charge < -0.3 is 19.9 Å². The number of alkyl halides is 5. The summed E-state index contributed by atoms with van der Waals surface area (Å²) in [6.45, 7) is 8.49. The minimum absolute atomic E-state index is 0.0987. The first kappa shape index (κ1) is 30.2. The summed E-state index contributed by atoms with van der Waals surface area (Å²) in [5.74, 6) is -5.75. The average molecular weight is 551 g/mol. The van der Waals surface area contributed by atoms with Gasteiger partial charge >= 0.3 is 12.1 Å². The summed E-state index contributed by atoms with van der Waals surface area (Å²) in [7, 11) is 0. The lowest BCUT2D eigenvalue weighted by molar-refractivity contribution is -0.192. The first-order valence-electron chi connectivity index (χ1n) is 12.7. The molecule has 0 radical (unpaired) electrons. The number of nitrogens with zero attached hydrogens (tertiary/aromatic N) is 1. The molecular formula is C26H35F5N2O5. The van der Waals surface area contributed by atoms with Crippen LogP contribution in [0, 0.1) is 5.92 Å². The van der Waals surface area contributed by atoms with Crippen molar-refractivity contribution in [2.75, 3.05) is 32.8 Å². The quantitative estimate of drug-likeness (QED) is 0.512. The van der Waals surface area contributed by atoms with E-state index >= 15 is 0 Å². The lowest BCUT2D eigenvalue weighted by atomic mass is 9.81. The third-order valence-electron chi connectivity index (χ3n) is 7.03. The lowest BCUT2D eigenvalue weighted by Gasteiger charge is -2.34. The van der Waals surface area contributed by atoms with Gasteiger partial charge in [0.2, 0.25) is 11.8 Å². The number of benzene rings is 1. The summed E-state index contributed by atoms with van der Waals surface area (Å²) in [5.41, 5.74) is 2.25. The van der Waals surface area contributed by atoms with E-state index < -0.39 is 24.0 Å². The number of aliphatic carboxylic acids is 1. The molecular weight excluding hydrogens is 515 g/mol. The van der Waals surface area contributed by atoms with Crippen LogP contribution in [0.5, 0.6) is 0 Å². The van der Waals surface area contributed by atoms with Gasteiger partial charge in [0.1, 0.15) is 5.60 Å². The fourth-order valence-electron chi connectivity index (χ4n) is 4.85. The third kappa shape index (κ3) is 8.60. The van der Waals surface area contributed by atoms with E-state index in [1.807, 2.05) is 0 Å². The van der Waals surface area contributed by atoms with Crippen LogP contribution < -0.4 is 5.32 Å². The Hall–Kier alpha value is -2.31. The van der Waals surface area contributed by atoms with Crippen LogP contribution in [0.4, 0.5) is 22.0 Å². The van der Waals surface area contributed by atoms with E-state index in [2.05, 4.69) is 48.3 Å². The van der Waals surface area contributed by atoms with Gasteiger partial charge in [-0.2, -0.15) is 13.2 Å². The van der Waals surface area contributed by atoms with Crippen molar-refractivity contribution in [3.8, 4) is 0 Å². The van der Waals surface area contributed by atoms with Crippen LogP contribution in [-0.2, 0) is 25.6 Å². The van der Waals surface area contributed by atoms with Crippen LogP contribution in [0.1, 0.15) is 56.6 Å². The Kier molecular flexibility index (Phi) is 9.75. The number of halogens is 5. The number of carboxylic acids is 1. The molecule has 1 saturated carbocycles. The predicted molar refractivity (Wildman–Crippen MR) is 128 cm³/mol. The molecule has 2 saturated heterocycles. The summed E-state index contributed by atoms with van der Waals surface area (Å²) in [4.78, 5) is 23.4. The van der Waals surface area contributed by atoms with E-state index in [1.54, 1.807) is 0 Å². The number of hydrogen-bond acceptors (Lipinski definition) is 5. The molecule has 3 fully saturated rings. The molecule has 1 amide bonds. The van der Waals surface area contributed by atoms with Crippen molar-refractivity contribution in [1.29, 1.82) is 0 Å². The van der Waals surface area contributed by atoms with Crippen LogP contribution in [0.2, 0.25) is 0 Å². The Labute approximate surface area is 218 Å². The molecule has 3 aliphatic rings. The Morgan fingerprint density at radius 3 is 2.37 bits per heavy atom. The molecule has 2 N–H and O–H groups in total. The first-order chi connectivity index (χ1) is 17.7. The maximum atomic E-state index is 13.0. The maximum Gasteiger partial charge on any atom is 0.490 e. The van der Waals surface area contributed by atoms with Gasteiger partial charge in [0.05, 0.1) is 19.3 Å². The Bertz CT molecular complexity index is 948.